The van der Waals surface area contributed by atoms with Crippen LogP contribution in [0.2, 0.25) is 5.02 Å². The molecule has 0 aliphatic rings. The first kappa shape index (κ1) is 19.9. The fourth-order valence-electron chi connectivity index (χ4n) is 2.90. The number of nitrogens with zero attached hydrogens (tertiary/aromatic N) is 1. The van der Waals surface area contributed by atoms with Gasteiger partial charge in [0.15, 0.2) is 11.5 Å². The number of fused-ring (bicyclic) bond motifs is 1. The maximum atomic E-state index is 6.21. The van der Waals surface area contributed by atoms with Gasteiger partial charge in [0.1, 0.15) is 11.5 Å². The van der Waals surface area contributed by atoms with Crippen LogP contribution < -0.4 is 24.3 Å². The van der Waals surface area contributed by atoms with Crippen molar-refractivity contribution in [2.24, 2.45) is 0 Å². The van der Waals surface area contributed by atoms with Gasteiger partial charge in [0.2, 0.25) is 0 Å². The molecule has 148 valence electrons. The monoisotopic (exact) mass is 402 g/mol. The van der Waals surface area contributed by atoms with Crippen LogP contribution in [0.3, 0.4) is 0 Å². The summed E-state index contributed by atoms with van der Waals surface area (Å²) in [6.07, 6.45) is 1.74. The molecule has 28 heavy (non-hydrogen) atoms. The van der Waals surface area contributed by atoms with Crippen molar-refractivity contribution < 1.29 is 18.9 Å². The molecule has 0 aliphatic heterocycles. The highest BCUT2D eigenvalue weighted by Crippen LogP contribution is 2.40. The summed E-state index contributed by atoms with van der Waals surface area (Å²) in [7, 11) is 3.17. The molecule has 0 amide bonds. The summed E-state index contributed by atoms with van der Waals surface area (Å²) in [5.74, 6) is 2.50. The fourth-order valence-corrected chi connectivity index (χ4v) is 3.13. The topological polar surface area (TPSA) is 61.8 Å². The third-order valence-corrected chi connectivity index (χ3v) is 4.45. The predicted octanol–water partition coefficient (Wildman–Crippen LogP) is 5.45. The van der Waals surface area contributed by atoms with E-state index in [4.69, 9.17) is 30.5 Å². The molecule has 0 unspecified atom stereocenters. The van der Waals surface area contributed by atoms with E-state index in [-0.39, 0.29) is 0 Å². The normalized spacial score (nSPS) is 10.6. The van der Waals surface area contributed by atoms with Crippen molar-refractivity contribution in [3.63, 3.8) is 0 Å². The molecule has 0 fully saturated rings. The maximum Gasteiger partial charge on any atom is 0.163 e. The lowest BCUT2D eigenvalue weighted by Crippen LogP contribution is -2.00. The van der Waals surface area contributed by atoms with Gasteiger partial charge in [-0.15, -0.1) is 0 Å². The lowest BCUT2D eigenvalue weighted by Gasteiger charge is -2.17. The summed E-state index contributed by atoms with van der Waals surface area (Å²) in [6, 6.07) is 9.21. The minimum atomic E-state index is 0.476. The van der Waals surface area contributed by atoms with Gasteiger partial charge in [-0.3, -0.25) is 4.98 Å². The zero-order valence-corrected chi connectivity index (χ0v) is 17.1. The van der Waals surface area contributed by atoms with Crippen LogP contribution in [0.1, 0.15) is 13.8 Å². The van der Waals surface area contributed by atoms with Crippen LogP contribution in [0.15, 0.2) is 36.5 Å². The Balaban J connectivity index is 2.10. The SMILES string of the molecule is CCOc1cc2nccc(Nc3cc(OC)c(Cl)cc3OC)c2cc1OCC. The Morgan fingerprint density at radius 3 is 2.18 bits per heavy atom. The van der Waals surface area contributed by atoms with Gasteiger partial charge in [-0.05, 0) is 26.0 Å². The molecule has 0 bridgehead atoms. The van der Waals surface area contributed by atoms with Crippen LogP contribution >= 0.6 is 11.6 Å². The zero-order valence-electron chi connectivity index (χ0n) is 16.3. The number of hydrogen-bond acceptors (Lipinski definition) is 6. The van der Waals surface area contributed by atoms with Gasteiger partial charge in [0, 0.05) is 35.5 Å². The highest BCUT2D eigenvalue weighted by molar-refractivity contribution is 6.32. The minimum absolute atomic E-state index is 0.476. The molecule has 1 heterocycles. The molecule has 6 nitrogen and oxygen atoms in total. The average molecular weight is 403 g/mol. The van der Waals surface area contributed by atoms with Crippen molar-refractivity contribution in [3.05, 3.63) is 41.6 Å². The molecule has 0 saturated heterocycles. The molecule has 0 atom stereocenters. The first-order chi connectivity index (χ1) is 13.6. The molecule has 1 N–H and O–H groups in total. The van der Waals surface area contributed by atoms with E-state index in [1.807, 2.05) is 32.0 Å². The molecular formula is C21H23ClN2O4. The zero-order chi connectivity index (χ0) is 20.1. The second kappa shape index (κ2) is 8.89. The molecule has 0 radical (unpaired) electrons. The minimum Gasteiger partial charge on any atom is -0.495 e. The van der Waals surface area contributed by atoms with Gasteiger partial charge in [-0.25, -0.2) is 0 Å². The molecule has 3 rings (SSSR count). The van der Waals surface area contributed by atoms with E-state index >= 15 is 0 Å². The van der Waals surface area contributed by atoms with E-state index in [0.717, 1.165) is 22.3 Å². The van der Waals surface area contributed by atoms with Gasteiger partial charge in [-0.1, -0.05) is 11.6 Å². The summed E-state index contributed by atoms with van der Waals surface area (Å²) in [5.41, 5.74) is 2.36. The van der Waals surface area contributed by atoms with E-state index in [1.54, 1.807) is 32.5 Å². The highest BCUT2D eigenvalue weighted by Gasteiger charge is 2.14. The van der Waals surface area contributed by atoms with Gasteiger partial charge < -0.3 is 24.3 Å². The highest BCUT2D eigenvalue weighted by atomic mass is 35.5. The molecule has 0 saturated carbocycles. The quantitative estimate of drug-likeness (QED) is 0.540. The third kappa shape index (κ3) is 4.02. The molecular weight excluding hydrogens is 380 g/mol. The Labute approximate surface area is 169 Å². The average Bonchev–Trinajstić information content (AvgIpc) is 2.70. The van der Waals surface area contributed by atoms with Crippen LogP contribution in [-0.2, 0) is 0 Å². The molecule has 0 spiro atoms. The number of rotatable bonds is 8. The number of hydrogen-bond donors (Lipinski definition) is 1. The summed E-state index contributed by atoms with van der Waals surface area (Å²) in [5, 5.41) is 4.76. The maximum absolute atomic E-state index is 6.21. The van der Waals surface area contributed by atoms with Gasteiger partial charge in [-0.2, -0.15) is 0 Å². The Morgan fingerprint density at radius 2 is 1.54 bits per heavy atom. The van der Waals surface area contributed by atoms with E-state index in [1.165, 1.54) is 0 Å². The smallest absolute Gasteiger partial charge is 0.163 e. The number of pyridine rings is 1. The van der Waals surface area contributed by atoms with E-state index in [2.05, 4.69) is 10.3 Å². The lowest BCUT2D eigenvalue weighted by atomic mass is 10.1. The Bertz CT molecular complexity index is 978. The summed E-state index contributed by atoms with van der Waals surface area (Å²) in [6.45, 7) is 4.96. The number of methoxy groups -OCH3 is 2. The van der Waals surface area contributed by atoms with Crippen LogP contribution in [0.25, 0.3) is 10.9 Å². The van der Waals surface area contributed by atoms with Crippen LogP contribution in [-0.4, -0.2) is 32.4 Å². The van der Waals surface area contributed by atoms with Crippen molar-refractivity contribution in [3.8, 4) is 23.0 Å². The largest absolute Gasteiger partial charge is 0.495 e. The Morgan fingerprint density at radius 1 is 0.857 bits per heavy atom. The molecule has 2 aromatic carbocycles. The lowest BCUT2D eigenvalue weighted by molar-refractivity contribution is 0.288. The number of anilines is 2. The first-order valence-electron chi connectivity index (χ1n) is 8.98. The van der Waals surface area contributed by atoms with Gasteiger partial charge >= 0.3 is 0 Å². The molecule has 0 aliphatic carbocycles. The van der Waals surface area contributed by atoms with Crippen molar-refractivity contribution in [1.29, 1.82) is 0 Å². The van der Waals surface area contributed by atoms with Gasteiger partial charge in [0.05, 0.1) is 43.7 Å². The molecule has 7 heteroatoms. The fraction of sp³-hybridized carbons (Fsp3) is 0.286. The summed E-state index contributed by atoms with van der Waals surface area (Å²) < 4.78 is 22.2. The Kier molecular flexibility index (Phi) is 6.31. The van der Waals surface area contributed by atoms with Crippen molar-refractivity contribution in [1.82, 2.24) is 4.98 Å². The van der Waals surface area contributed by atoms with Crippen molar-refractivity contribution in [2.45, 2.75) is 13.8 Å². The van der Waals surface area contributed by atoms with Crippen molar-refractivity contribution in [2.75, 3.05) is 32.8 Å². The number of aromatic nitrogens is 1. The second-order valence-electron chi connectivity index (χ2n) is 5.85. The van der Waals surface area contributed by atoms with Crippen molar-refractivity contribution >= 4 is 33.9 Å². The van der Waals surface area contributed by atoms with Crippen LogP contribution in [0.4, 0.5) is 11.4 Å². The number of halogens is 1. The summed E-state index contributed by atoms with van der Waals surface area (Å²) >= 11 is 6.21. The van der Waals surface area contributed by atoms with E-state index in [9.17, 15) is 0 Å². The first-order valence-corrected chi connectivity index (χ1v) is 9.35. The standard InChI is InChI=1S/C21H23ClN2O4/c1-5-27-20-9-13-15(7-8-23-16(13)11-21(20)28-6-2)24-17-12-18(25-3)14(22)10-19(17)26-4/h7-12H,5-6H2,1-4H3,(H,23,24). The van der Waals surface area contributed by atoms with E-state index in [0.29, 0.717) is 41.2 Å². The summed E-state index contributed by atoms with van der Waals surface area (Å²) in [4.78, 5) is 4.47. The number of nitrogens with one attached hydrogen (secondary N) is 1. The van der Waals surface area contributed by atoms with E-state index < -0.39 is 0 Å². The molecule has 1 aromatic heterocycles. The number of ether oxygens (including phenoxy) is 4. The third-order valence-electron chi connectivity index (χ3n) is 4.15. The second-order valence-corrected chi connectivity index (χ2v) is 6.26. The number of benzene rings is 2. The van der Waals surface area contributed by atoms with Crippen LogP contribution in [0, 0.1) is 0 Å². The molecule has 3 aromatic rings. The van der Waals surface area contributed by atoms with Crippen LogP contribution in [0.5, 0.6) is 23.0 Å². The predicted molar refractivity (Wildman–Crippen MR) is 112 cm³/mol. The van der Waals surface area contributed by atoms with Gasteiger partial charge in [0.25, 0.3) is 0 Å². The Hall–Kier alpha value is -2.86.